The van der Waals surface area contributed by atoms with Crippen LogP contribution < -0.4 is 4.74 Å². The van der Waals surface area contributed by atoms with Gasteiger partial charge in [-0.3, -0.25) is 0 Å². The van der Waals surface area contributed by atoms with E-state index in [1.807, 2.05) is 53.9 Å². The van der Waals surface area contributed by atoms with Gasteiger partial charge < -0.3 is 4.74 Å². The number of para-hydroxylation sites is 1. The predicted molar refractivity (Wildman–Crippen MR) is 102 cm³/mol. The molecule has 4 rings (SSSR count). The molecule has 1 aliphatic heterocycles. The van der Waals surface area contributed by atoms with Crippen LogP contribution in [0.3, 0.4) is 0 Å². The highest BCUT2D eigenvalue weighted by molar-refractivity contribution is 7.11. The van der Waals surface area contributed by atoms with Crippen LogP contribution in [0.2, 0.25) is 0 Å². The molecule has 1 atom stereocenters. The van der Waals surface area contributed by atoms with Gasteiger partial charge >= 0.3 is 0 Å². The van der Waals surface area contributed by atoms with Crippen LogP contribution in [0.25, 0.3) is 5.76 Å². The highest BCUT2D eigenvalue weighted by Gasteiger charge is 2.29. The minimum atomic E-state index is -0.0210. The highest BCUT2D eigenvalue weighted by Crippen LogP contribution is 2.46. The topological polar surface area (TPSA) is 9.23 Å². The third-order valence-corrected chi connectivity index (χ3v) is 5.43. The molecule has 1 aliphatic rings. The Balaban J connectivity index is 1.94. The lowest BCUT2D eigenvalue weighted by molar-refractivity contribution is 0.512. The summed E-state index contributed by atoms with van der Waals surface area (Å²) in [5.74, 6) is 1.49. The summed E-state index contributed by atoms with van der Waals surface area (Å²) < 4.78 is 6.23. The molecule has 0 saturated heterocycles. The molecular weight excluding hydrogens is 336 g/mol. The number of allylic oxidation sites excluding steroid dienone is 2. The normalized spacial score (nSPS) is 17.2. The molecule has 0 N–H and O–H groups in total. The second-order valence-corrected chi connectivity index (χ2v) is 6.95. The van der Waals surface area contributed by atoms with Crippen molar-refractivity contribution in [3.8, 4) is 5.75 Å². The number of fused-ring (bicyclic) bond motifs is 1. The van der Waals surface area contributed by atoms with E-state index in [1.54, 1.807) is 11.3 Å². The standard InChI is InChI=1S/C21H15ClOS/c1-14-19(15-8-3-2-4-9-15)16-10-5-6-11-17(16)23-21(20(14)22)18-12-7-13-24-18/h2-13,19H,1H2/t19-/m1/s1. The number of hydrogen-bond donors (Lipinski definition) is 0. The molecule has 3 heteroatoms. The minimum absolute atomic E-state index is 0.0210. The monoisotopic (exact) mass is 350 g/mol. The van der Waals surface area contributed by atoms with Crippen molar-refractivity contribution in [2.24, 2.45) is 0 Å². The Morgan fingerprint density at radius 2 is 1.67 bits per heavy atom. The summed E-state index contributed by atoms with van der Waals surface area (Å²) in [5.41, 5.74) is 3.10. The van der Waals surface area contributed by atoms with Gasteiger partial charge in [-0.1, -0.05) is 72.8 Å². The molecule has 0 aliphatic carbocycles. The fourth-order valence-electron chi connectivity index (χ4n) is 3.02. The maximum atomic E-state index is 6.73. The molecule has 0 amide bonds. The van der Waals surface area contributed by atoms with Gasteiger partial charge in [0, 0.05) is 11.5 Å². The number of hydrogen-bond acceptors (Lipinski definition) is 2. The van der Waals surface area contributed by atoms with E-state index in [-0.39, 0.29) is 5.92 Å². The average Bonchev–Trinajstić information content (AvgIpc) is 3.12. The van der Waals surface area contributed by atoms with Crippen LogP contribution in [0, 0.1) is 0 Å². The first-order valence-corrected chi connectivity index (χ1v) is 8.96. The van der Waals surface area contributed by atoms with E-state index in [1.165, 1.54) is 0 Å². The third-order valence-electron chi connectivity index (χ3n) is 4.15. The van der Waals surface area contributed by atoms with Gasteiger partial charge in [0.2, 0.25) is 0 Å². The number of halogens is 1. The molecule has 1 aromatic heterocycles. The Morgan fingerprint density at radius 1 is 0.917 bits per heavy atom. The predicted octanol–water partition coefficient (Wildman–Crippen LogP) is 6.44. The van der Waals surface area contributed by atoms with E-state index in [9.17, 15) is 0 Å². The van der Waals surface area contributed by atoms with Gasteiger partial charge in [0.25, 0.3) is 0 Å². The summed E-state index contributed by atoms with van der Waals surface area (Å²) in [6, 6.07) is 22.4. The quantitative estimate of drug-likeness (QED) is 0.517. The third kappa shape index (κ3) is 2.58. The maximum absolute atomic E-state index is 6.73. The zero-order valence-electron chi connectivity index (χ0n) is 12.9. The second-order valence-electron chi connectivity index (χ2n) is 5.63. The zero-order chi connectivity index (χ0) is 16.5. The van der Waals surface area contributed by atoms with Crippen molar-refractivity contribution in [3.05, 3.63) is 105 Å². The Labute approximate surface area is 150 Å². The largest absolute Gasteiger partial charge is 0.454 e. The van der Waals surface area contributed by atoms with Crippen LogP contribution in [-0.2, 0) is 0 Å². The summed E-state index contributed by atoms with van der Waals surface area (Å²) in [6.45, 7) is 4.31. The Bertz CT molecular complexity index is 910. The van der Waals surface area contributed by atoms with Crippen LogP contribution in [-0.4, -0.2) is 0 Å². The van der Waals surface area contributed by atoms with Crippen molar-refractivity contribution in [1.29, 1.82) is 0 Å². The van der Waals surface area contributed by atoms with Gasteiger partial charge in [-0.2, -0.15) is 0 Å². The molecule has 0 unspecified atom stereocenters. The Morgan fingerprint density at radius 3 is 2.42 bits per heavy atom. The first-order chi connectivity index (χ1) is 11.8. The molecule has 2 heterocycles. The molecule has 2 aromatic carbocycles. The first-order valence-electron chi connectivity index (χ1n) is 7.70. The van der Waals surface area contributed by atoms with Crippen molar-refractivity contribution in [3.63, 3.8) is 0 Å². The lowest BCUT2D eigenvalue weighted by Gasteiger charge is -2.19. The minimum Gasteiger partial charge on any atom is -0.454 e. The summed E-state index contributed by atoms with van der Waals surface area (Å²) >= 11 is 8.33. The van der Waals surface area contributed by atoms with E-state index in [0.29, 0.717) is 10.8 Å². The molecule has 1 nitrogen and oxygen atoms in total. The Kier molecular flexibility index (Phi) is 4.01. The van der Waals surface area contributed by atoms with Crippen molar-refractivity contribution < 1.29 is 4.74 Å². The summed E-state index contributed by atoms with van der Waals surface area (Å²) in [5, 5.41) is 2.60. The molecule has 0 bridgehead atoms. The van der Waals surface area contributed by atoms with Crippen molar-refractivity contribution in [2.75, 3.05) is 0 Å². The van der Waals surface area contributed by atoms with Crippen LogP contribution in [0.1, 0.15) is 21.9 Å². The Hall–Kier alpha value is -2.29. The van der Waals surface area contributed by atoms with Crippen LogP contribution in [0.4, 0.5) is 0 Å². The number of ether oxygens (including phenoxy) is 1. The average molecular weight is 351 g/mol. The SMILES string of the molecule is C=C1C(Cl)=C(c2cccs2)Oc2ccccc2[C@H]1c1ccccc1. The van der Waals surface area contributed by atoms with Gasteiger partial charge in [0.15, 0.2) is 5.76 Å². The fraction of sp³-hybridized carbons (Fsp3) is 0.0476. The maximum Gasteiger partial charge on any atom is 0.163 e. The number of thiophene rings is 1. The number of rotatable bonds is 2. The van der Waals surface area contributed by atoms with E-state index in [2.05, 4.69) is 24.8 Å². The van der Waals surface area contributed by atoms with Crippen molar-refractivity contribution in [1.82, 2.24) is 0 Å². The first kappa shape index (κ1) is 15.3. The van der Waals surface area contributed by atoms with Crippen molar-refractivity contribution in [2.45, 2.75) is 5.92 Å². The van der Waals surface area contributed by atoms with Gasteiger partial charge in [-0.15, -0.1) is 11.3 Å². The molecule has 118 valence electrons. The molecule has 0 fully saturated rings. The van der Waals surface area contributed by atoms with E-state index >= 15 is 0 Å². The number of benzene rings is 2. The molecule has 24 heavy (non-hydrogen) atoms. The molecular formula is C21H15ClOS. The lowest BCUT2D eigenvalue weighted by atomic mass is 9.85. The van der Waals surface area contributed by atoms with Gasteiger partial charge in [0.05, 0.1) is 9.91 Å². The second kappa shape index (κ2) is 6.31. The summed E-state index contributed by atoms with van der Waals surface area (Å²) in [4.78, 5) is 1.00. The molecule has 0 radical (unpaired) electrons. The molecule has 3 aromatic rings. The van der Waals surface area contributed by atoms with E-state index in [4.69, 9.17) is 16.3 Å². The summed E-state index contributed by atoms with van der Waals surface area (Å²) in [7, 11) is 0. The smallest absolute Gasteiger partial charge is 0.163 e. The van der Waals surface area contributed by atoms with E-state index < -0.39 is 0 Å². The zero-order valence-corrected chi connectivity index (χ0v) is 14.5. The van der Waals surface area contributed by atoms with Gasteiger partial charge in [-0.25, -0.2) is 0 Å². The van der Waals surface area contributed by atoms with E-state index in [0.717, 1.165) is 27.3 Å². The van der Waals surface area contributed by atoms with Gasteiger partial charge in [0.1, 0.15) is 5.75 Å². The highest BCUT2D eigenvalue weighted by atomic mass is 35.5. The fourth-order valence-corrected chi connectivity index (χ4v) is 4.04. The summed E-state index contributed by atoms with van der Waals surface area (Å²) in [6.07, 6.45) is 0. The molecule has 0 saturated carbocycles. The van der Waals surface area contributed by atoms with Crippen LogP contribution in [0.15, 0.2) is 89.3 Å². The van der Waals surface area contributed by atoms with Crippen LogP contribution >= 0.6 is 22.9 Å². The van der Waals surface area contributed by atoms with Crippen LogP contribution in [0.5, 0.6) is 5.75 Å². The van der Waals surface area contributed by atoms with Crippen molar-refractivity contribution >= 4 is 28.7 Å². The lowest BCUT2D eigenvalue weighted by Crippen LogP contribution is -2.03. The molecule has 0 spiro atoms. The van der Waals surface area contributed by atoms with Gasteiger partial charge in [-0.05, 0) is 28.6 Å².